The van der Waals surface area contributed by atoms with Crippen LogP contribution in [0.25, 0.3) is 11.3 Å². The Bertz CT molecular complexity index is 946. The molecular formula is C22H28FN7. The third kappa shape index (κ3) is 4.94. The number of benzene rings is 1. The van der Waals surface area contributed by atoms with Gasteiger partial charge in [0.15, 0.2) is 0 Å². The summed E-state index contributed by atoms with van der Waals surface area (Å²) in [4.78, 5) is 10.9. The number of halogens is 1. The van der Waals surface area contributed by atoms with Gasteiger partial charge in [0.2, 0.25) is 5.95 Å². The molecule has 0 spiro atoms. The number of aromatic amines is 1. The van der Waals surface area contributed by atoms with E-state index < -0.39 is 0 Å². The summed E-state index contributed by atoms with van der Waals surface area (Å²) in [6.45, 7) is 0.736. The van der Waals surface area contributed by atoms with E-state index in [2.05, 4.69) is 30.8 Å². The van der Waals surface area contributed by atoms with Gasteiger partial charge in [0.25, 0.3) is 0 Å². The number of nitrogens with zero attached hydrogens (tertiary/aromatic N) is 4. The number of rotatable bonds is 7. The molecule has 1 aromatic carbocycles. The second-order valence-electron chi connectivity index (χ2n) is 7.97. The van der Waals surface area contributed by atoms with E-state index in [1.165, 1.54) is 12.1 Å². The van der Waals surface area contributed by atoms with Crippen LogP contribution in [0.2, 0.25) is 0 Å². The van der Waals surface area contributed by atoms with Gasteiger partial charge in [-0.05, 0) is 56.0 Å². The SMILES string of the molecule is CN(C)c1ccnc(N[C@H]2CC[C@@H](NCc3c[nH]nc3-c3ccc(F)cc3)CC2)n1. The summed E-state index contributed by atoms with van der Waals surface area (Å²) in [5.41, 5.74) is 2.88. The van der Waals surface area contributed by atoms with Crippen LogP contribution in [0.4, 0.5) is 16.2 Å². The van der Waals surface area contributed by atoms with Gasteiger partial charge in [-0.1, -0.05) is 0 Å². The van der Waals surface area contributed by atoms with Crippen LogP contribution in [0.1, 0.15) is 31.2 Å². The van der Waals surface area contributed by atoms with Crippen molar-refractivity contribution in [1.29, 1.82) is 0 Å². The average Bonchev–Trinajstić information content (AvgIpc) is 3.22. The summed E-state index contributed by atoms with van der Waals surface area (Å²) in [7, 11) is 3.95. The van der Waals surface area contributed by atoms with E-state index in [1.54, 1.807) is 18.3 Å². The van der Waals surface area contributed by atoms with E-state index in [4.69, 9.17) is 0 Å². The minimum Gasteiger partial charge on any atom is -0.363 e. The Morgan fingerprint density at radius 2 is 1.80 bits per heavy atom. The molecule has 2 heterocycles. The highest BCUT2D eigenvalue weighted by atomic mass is 19.1. The summed E-state index contributed by atoms with van der Waals surface area (Å²) in [5, 5.41) is 14.4. The molecule has 2 aromatic heterocycles. The molecule has 0 radical (unpaired) electrons. The van der Waals surface area contributed by atoms with Crippen LogP contribution < -0.4 is 15.5 Å². The largest absolute Gasteiger partial charge is 0.363 e. The zero-order chi connectivity index (χ0) is 20.9. The molecule has 0 bridgehead atoms. The van der Waals surface area contributed by atoms with Crippen molar-refractivity contribution in [2.45, 2.75) is 44.3 Å². The first-order valence-corrected chi connectivity index (χ1v) is 10.4. The number of nitrogens with one attached hydrogen (secondary N) is 3. The van der Waals surface area contributed by atoms with Gasteiger partial charge in [0, 0.05) is 56.2 Å². The first kappa shape index (κ1) is 20.3. The van der Waals surface area contributed by atoms with Crippen molar-refractivity contribution in [2.24, 2.45) is 0 Å². The lowest BCUT2D eigenvalue weighted by Gasteiger charge is -2.30. The first-order valence-electron chi connectivity index (χ1n) is 10.4. The Hall–Kier alpha value is -3.00. The van der Waals surface area contributed by atoms with Crippen LogP contribution in [0.3, 0.4) is 0 Å². The van der Waals surface area contributed by atoms with Crippen molar-refractivity contribution in [1.82, 2.24) is 25.5 Å². The predicted molar refractivity (Wildman–Crippen MR) is 117 cm³/mol. The lowest BCUT2D eigenvalue weighted by atomic mass is 9.91. The van der Waals surface area contributed by atoms with Gasteiger partial charge in [-0.3, -0.25) is 5.10 Å². The minimum atomic E-state index is -0.238. The topological polar surface area (TPSA) is 81.8 Å². The predicted octanol–water partition coefficient (Wildman–Crippen LogP) is 3.58. The molecule has 1 fully saturated rings. The molecular weight excluding hydrogens is 381 g/mol. The molecule has 0 aliphatic heterocycles. The van der Waals surface area contributed by atoms with E-state index >= 15 is 0 Å². The number of anilines is 2. The molecule has 4 rings (SSSR count). The quantitative estimate of drug-likeness (QED) is 0.553. The summed E-state index contributed by atoms with van der Waals surface area (Å²) >= 11 is 0. The zero-order valence-electron chi connectivity index (χ0n) is 17.4. The summed E-state index contributed by atoms with van der Waals surface area (Å²) in [6.07, 6.45) is 8.03. The summed E-state index contributed by atoms with van der Waals surface area (Å²) in [5.74, 6) is 1.36. The molecule has 1 aliphatic carbocycles. The van der Waals surface area contributed by atoms with Gasteiger partial charge in [0.05, 0.1) is 5.69 Å². The van der Waals surface area contributed by atoms with E-state index in [9.17, 15) is 4.39 Å². The van der Waals surface area contributed by atoms with Gasteiger partial charge in [-0.2, -0.15) is 10.1 Å². The second-order valence-corrected chi connectivity index (χ2v) is 7.97. The number of H-pyrrole nitrogens is 1. The molecule has 0 saturated heterocycles. The number of hydrogen-bond donors (Lipinski definition) is 3. The first-order chi connectivity index (χ1) is 14.6. The van der Waals surface area contributed by atoms with E-state index in [0.29, 0.717) is 18.0 Å². The molecule has 1 aliphatic rings. The van der Waals surface area contributed by atoms with Crippen LogP contribution in [0, 0.1) is 5.82 Å². The summed E-state index contributed by atoms with van der Waals surface area (Å²) < 4.78 is 13.2. The van der Waals surface area contributed by atoms with Crippen LogP contribution in [0.15, 0.2) is 42.7 Å². The van der Waals surface area contributed by atoms with E-state index in [0.717, 1.165) is 54.9 Å². The van der Waals surface area contributed by atoms with Crippen molar-refractivity contribution in [3.05, 3.63) is 54.1 Å². The van der Waals surface area contributed by atoms with Gasteiger partial charge in [0.1, 0.15) is 11.6 Å². The standard InChI is InChI=1S/C22H28FN7/c1-30(2)20-11-12-24-22(28-20)27-19-9-7-18(8-10-19)25-13-16-14-26-29-21(16)15-3-5-17(23)6-4-15/h3-6,11-12,14,18-19,25H,7-10,13H2,1-2H3,(H,26,29)(H,24,27,28)/t18-,19+. The van der Waals surface area contributed by atoms with Crippen molar-refractivity contribution in [3.8, 4) is 11.3 Å². The summed E-state index contributed by atoms with van der Waals surface area (Å²) in [6, 6.07) is 9.22. The Kier molecular flexibility index (Phi) is 6.23. The Morgan fingerprint density at radius 3 is 2.53 bits per heavy atom. The monoisotopic (exact) mass is 409 g/mol. The second kappa shape index (κ2) is 9.21. The maximum absolute atomic E-state index is 13.2. The van der Waals surface area contributed by atoms with Crippen LogP contribution >= 0.6 is 0 Å². The molecule has 7 nitrogen and oxygen atoms in total. The van der Waals surface area contributed by atoms with Crippen molar-refractivity contribution < 1.29 is 4.39 Å². The van der Waals surface area contributed by atoms with E-state index in [-0.39, 0.29) is 5.82 Å². The van der Waals surface area contributed by atoms with Crippen LogP contribution in [0.5, 0.6) is 0 Å². The fourth-order valence-corrected chi connectivity index (χ4v) is 3.85. The van der Waals surface area contributed by atoms with Crippen LogP contribution in [-0.2, 0) is 6.54 Å². The molecule has 158 valence electrons. The van der Waals surface area contributed by atoms with Crippen molar-refractivity contribution >= 4 is 11.8 Å². The minimum absolute atomic E-state index is 0.238. The maximum atomic E-state index is 13.2. The van der Waals surface area contributed by atoms with Crippen LogP contribution in [-0.4, -0.2) is 46.3 Å². The number of aromatic nitrogens is 4. The normalized spacial score (nSPS) is 18.9. The highest BCUT2D eigenvalue weighted by Gasteiger charge is 2.22. The molecule has 8 heteroatoms. The highest BCUT2D eigenvalue weighted by molar-refractivity contribution is 5.62. The molecule has 1 saturated carbocycles. The Morgan fingerprint density at radius 1 is 1.07 bits per heavy atom. The maximum Gasteiger partial charge on any atom is 0.224 e. The van der Waals surface area contributed by atoms with Gasteiger partial charge in [-0.15, -0.1) is 0 Å². The average molecular weight is 410 g/mol. The van der Waals surface area contributed by atoms with Gasteiger partial charge in [-0.25, -0.2) is 9.37 Å². The third-order valence-corrected chi connectivity index (χ3v) is 5.58. The smallest absolute Gasteiger partial charge is 0.224 e. The van der Waals surface area contributed by atoms with E-state index in [1.807, 2.05) is 31.3 Å². The zero-order valence-corrected chi connectivity index (χ0v) is 17.4. The van der Waals surface area contributed by atoms with Crippen molar-refractivity contribution in [3.63, 3.8) is 0 Å². The Labute approximate surface area is 176 Å². The molecule has 0 atom stereocenters. The van der Waals surface area contributed by atoms with Crippen molar-refractivity contribution in [2.75, 3.05) is 24.3 Å². The molecule has 3 N–H and O–H groups in total. The molecule has 3 aromatic rings. The third-order valence-electron chi connectivity index (χ3n) is 5.58. The molecule has 0 amide bonds. The lowest BCUT2D eigenvalue weighted by molar-refractivity contribution is 0.352. The van der Waals surface area contributed by atoms with Gasteiger partial charge >= 0.3 is 0 Å². The highest BCUT2D eigenvalue weighted by Crippen LogP contribution is 2.24. The number of hydrogen-bond acceptors (Lipinski definition) is 6. The fourth-order valence-electron chi connectivity index (χ4n) is 3.85. The molecule has 30 heavy (non-hydrogen) atoms. The lowest BCUT2D eigenvalue weighted by Crippen LogP contribution is -2.37. The Balaban J connectivity index is 1.27. The molecule has 0 unspecified atom stereocenters. The van der Waals surface area contributed by atoms with Gasteiger partial charge < -0.3 is 15.5 Å². The fraction of sp³-hybridized carbons (Fsp3) is 0.409.